The van der Waals surface area contributed by atoms with Crippen molar-refractivity contribution in [2.75, 3.05) is 32.8 Å². The number of aromatic nitrogens is 3. The van der Waals surface area contributed by atoms with Crippen LogP contribution in [0.4, 0.5) is 5.82 Å². The zero-order valence-electron chi connectivity index (χ0n) is 15.6. The lowest BCUT2D eigenvalue weighted by molar-refractivity contribution is 0.0855. The minimum Gasteiger partial charge on any atom is -0.493 e. The van der Waals surface area contributed by atoms with Gasteiger partial charge in [0.05, 0.1) is 20.4 Å². The number of nitrogens with zero attached hydrogens (tertiary/aromatic N) is 3. The van der Waals surface area contributed by atoms with E-state index in [1.54, 1.807) is 14.2 Å². The largest absolute Gasteiger partial charge is 0.493 e. The molecule has 7 nitrogen and oxygen atoms in total. The molecule has 1 aliphatic heterocycles. The number of anilines is 1. The molecule has 0 unspecified atom stereocenters. The summed E-state index contributed by atoms with van der Waals surface area (Å²) in [5, 5.41) is 7.84. The van der Waals surface area contributed by atoms with Gasteiger partial charge in [0.25, 0.3) is 0 Å². The van der Waals surface area contributed by atoms with E-state index in [0.29, 0.717) is 12.5 Å². The Bertz CT molecular complexity index is 919. The molecule has 1 aliphatic rings. The molecule has 7 heteroatoms. The summed E-state index contributed by atoms with van der Waals surface area (Å²) < 4.78 is 18.0. The zero-order valence-corrected chi connectivity index (χ0v) is 15.6. The molecule has 0 amide bonds. The summed E-state index contributed by atoms with van der Waals surface area (Å²) in [7, 11) is 3.28. The van der Waals surface area contributed by atoms with Crippen LogP contribution < -0.4 is 14.8 Å². The highest BCUT2D eigenvalue weighted by Crippen LogP contribution is 2.30. The fourth-order valence-corrected chi connectivity index (χ4v) is 3.46. The Morgan fingerprint density at radius 2 is 1.96 bits per heavy atom. The molecule has 1 aromatic carbocycles. The number of hydrogen-bond acceptors (Lipinski definition) is 6. The van der Waals surface area contributed by atoms with Gasteiger partial charge in [0.1, 0.15) is 5.82 Å². The topological polar surface area (TPSA) is 69.9 Å². The average Bonchev–Trinajstić information content (AvgIpc) is 3.16. The fraction of sp³-hybridized carbons (Fsp3) is 0.400. The summed E-state index contributed by atoms with van der Waals surface area (Å²) in [4.78, 5) is 4.79. The fourth-order valence-electron chi connectivity index (χ4n) is 3.46. The molecule has 1 N–H and O–H groups in total. The third-order valence-electron chi connectivity index (χ3n) is 4.98. The van der Waals surface area contributed by atoms with Crippen LogP contribution in [0.1, 0.15) is 29.9 Å². The Balaban J connectivity index is 1.52. The highest BCUT2D eigenvalue weighted by Gasteiger charge is 2.20. The first-order valence-corrected chi connectivity index (χ1v) is 9.15. The molecular formula is C20H24N4O3. The normalized spacial score (nSPS) is 15.0. The van der Waals surface area contributed by atoms with E-state index in [9.17, 15) is 0 Å². The van der Waals surface area contributed by atoms with Crippen molar-refractivity contribution in [1.82, 2.24) is 14.6 Å². The van der Waals surface area contributed by atoms with E-state index in [0.717, 1.165) is 54.6 Å². The maximum absolute atomic E-state index is 5.48. The Morgan fingerprint density at radius 1 is 1.15 bits per heavy atom. The Labute approximate surface area is 158 Å². The number of hydrogen-bond donors (Lipinski definition) is 1. The smallest absolute Gasteiger partial charge is 0.161 e. The molecule has 1 saturated heterocycles. The molecule has 0 spiro atoms. The molecule has 1 fully saturated rings. The van der Waals surface area contributed by atoms with Gasteiger partial charge in [-0.3, -0.25) is 0 Å². The van der Waals surface area contributed by atoms with Crippen LogP contribution in [-0.2, 0) is 11.3 Å². The predicted molar refractivity (Wildman–Crippen MR) is 103 cm³/mol. The molecule has 0 aliphatic carbocycles. The first-order valence-electron chi connectivity index (χ1n) is 9.15. The number of methoxy groups -OCH3 is 2. The lowest BCUT2D eigenvalue weighted by atomic mass is 9.94. The molecule has 2 aromatic heterocycles. The molecule has 0 saturated carbocycles. The van der Waals surface area contributed by atoms with E-state index < -0.39 is 0 Å². The first kappa shape index (κ1) is 17.6. The summed E-state index contributed by atoms with van der Waals surface area (Å²) in [6, 6.07) is 7.83. The van der Waals surface area contributed by atoms with Crippen LogP contribution in [0, 0.1) is 0 Å². The van der Waals surface area contributed by atoms with Crippen LogP contribution in [0.3, 0.4) is 0 Å². The maximum atomic E-state index is 5.48. The second kappa shape index (κ2) is 7.84. The van der Waals surface area contributed by atoms with Gasteiger partial charge >= 0.3 is 0 Å². The van der Waals surface area contributed by atoms with Crippen LogP contribution >= 0.6 is 0 Å². The maximum Gasteiger partial charge on any atom is 0.161 e. The summed E-state index contributed by atoms with van der Waals surface area (Å²) >= 11 is 0. The Hall–Kier alpha value is -2.80. The molecule has 3 aromatic rings. The molecule has 27 heavy (non-hydrogen) atoms. The highest BCUT2D eigenvalue weighted by molar-refractivity contribution is 5.53. The minimum atomic E-state index is 0.463. The van der Waals surface area contributed by atoms with Crippen LogP contribution in [0.15, 0.2) is 36.7 Å². The molecule has 3 heterocycles. The molecule has 0 radical (unpaired) electrons. The van der Waals surface area contributed by atoms with Crippen molar-refractivity contribution >= 4 is 11.5 Å². The van der Waals surface area contributed by atoms with E-state index in [1.807, 2.05) is 41.2 Å². The number of nitrogens with one attached hydrogen (secondary N) is 1. The van der Waals surface area contributed by atoms with Gasteiger partial charge in [-0.25, -0.2) is 9.50 Å². The van der Waals surface area contributed by atoms with Gasteiger partial charge in [0.2, 0.25) is 0 Å². The number of ether oxygens (including phenoxy) is 3. The monoisotopic (exact) mass is 368 g/mol. The quantitative estimate of drug-likeness (QED) is 0.720. The van der Waals surface area contributed by atoms with Gasteiger partial charge in [-0.2, -0.15) is 5.10 Å². The van der Waals surface area contributed by atoms with Gasteiger partial charge in [0, 0.05) is 31.5 Å². The average molecular weight is 368 g/mol. The van der Waals surface area contributed by atoms with Crippen molar-refractivity contribution in [1.29, 1.82) is 0 Å². The van der Waals surface area contributed by atoms with E-state index in [2.05, 4.69) is 10.4 Å². The van der Waals surface area contributed by atoms with Crippen molar-refractivity contribution in [3.05, 3.63) is 47.8 Å². The van der Waals surface area contributed by atoms with E-state index in [-0.39, 0.29) is 0 Å². The van der Waals surface area contributed by atoms with Crippen molar-refractivity contribution in [3.63, 3.8) is 0 Å². The van der Waals surface area contributed by atoms with Gasteiger partial charge in [-0.15, -0.1) is 0 Å². The second-order valence-electron chi connectivity index (χ2n) is 6.61. The first-order chi connectivity index (χ1) is 13.3. The molecule has 0 atom stereocenters. The standard InChI is InChI=1S/C20H24N4O3/c1-25-17-4-3-14(11-18(17)26-2)12-21-19-5-8-24-20(23-19)16(13-22-24)15-6-9-27-10-7-15/h3-5,8,11,13,15H,6-7,9-10,12H2,1-2H3,(H,21,23). The Kier molecular flexibility index (Phi) is 5.11. The lowest BCUT2D eigenvalue weighted by Crippen LogP contribution is -2.14. The van der Waals surface area contributed by atoms with Gasteiger partial charge in [-0.1, -0.05) is 6.07 Å². The second-order valence-corrected chi connectivity index (χ2v) is 6.61. The van der Waals surface area contributed by atoms with Gasteiger partial charge in [-0.05, 0) is 42.5 Å². The van der Waals surface area contributed by atoms with Crippen molar-refractivity contribution in [2.24, 2.45) is 0 Å². The third kappa shape index (κ3) is 3.68. The zero-order chi connectivity index (χ0) is 18.6. The third-order valence-corrected chi connectivity index (χ3v) is 4.98. The Morgan fingerprint density at radius 3 is 2.74 bits per heavy atom. The van der Waals surface area contributed by atoms with Crippen LogP contribution in [0.5, 0.6) is 11.5 Å². The van der Waals surface area contributed by atoms with Crippen molar-refractivity contribution < 1.29 is 14.2 Å². The number of rotatable bonds is 6. The van der Waals surface area contributed by atoms with E-state index >= 15 is 0 Å². The van der Waals surface area contributed by atoms with E-state index in [4.69, 9.17) is 19.2 Å². The summed E-state index contributed by atoms with van der Waals surface area (Å²) in [6.07, 6.45) is 5.93. The SMILES string of the molecule is COc1ccc(CNc2ccn3ncc(C4CCOCC4)c3n2)cc1OC. The van der Waals surface area contributed by atoms with Gasteiger partial charge < -0.3 is 19.5 Å². The van der Waals surface area contributed by atoms with Crippen LogP contribution in [0.25, 0.3) is 5.65 Å². The summed E-state index contributed by atoms with van der Waals surface area (Å²) in [5.41, 5.74) is 3.21. The summed E-state index contributed by atoms with van der Waals surface area (Å²) in [5.74, 6) is 2.73. The molecule has 142 valence electrons. The lowest BCUT2D eigenvalue weighted by Gasteiger charge is -2.20. The van der Waals surface area contributed by atoms with E-state index in [1.165, 1.54) is 5.56 Å². The number of fused-ring (bicyclic) bond motifs is 1. The predicted octanol–water partition coefficient (Wildman–Crippen LogP) is 3.25. The molecular weight excluding hydrogens is 344 g/mol. The van der Waals surface area contributed by atoms with Crippen molar-refractivity contribution in [3.8, 4) is 11.5 Å². The highest BCUT2D eigenvalue weighted by atomic mass is 16.5. The summed E-state index contributed by atoms with van der Waals surface area (Å²) in [6.45, 7) is 2.25. The minimum absolute atomic E-state index is 0.463. The van der Waals surface area contributed by atoms with Crippen molar-refractivity contribution in [2.45, 2.75) is 25.3 Å². The van der Waals surface area contributed by atoms with Gasteiger partial charge in [0.15, 0.2) is 17.1 Å². The number of benzene rings is 1. The van der Waals surface area contributed by atoms with Crippen LogP contribution in [-0.4, -0.2) is 42.0 Å². The molecule has 4 rings (SSSR count). The van der Waals surface area contributed by atoms with Crippen LogP contribution in [0.2, 0.25) is 0 Å². The molecule has 0 bridgehead atoms.